The van der Waals surface area contributed by atoms with Crippen LogP contribution in [0.1, 0.15) is 27.0 Å². The molecule has 0 saturated carbocycles. The zero-order valence-corrected chi connectivity index (χ0v) is 13.0. The molecule has 116 valence electrons. The number of carboxylic acids is 1. The van der Waals surface area contributed by atoms with Crippen LogP contribution in [0.5, 0.6) is 0 Å². The van der Waals surface area contributed by atoms with Gasteiger partial charge >= 0.3 is 5.97 Å². The van der Waals surface area contributed by atoms with Crippen LogP contribution in [0, 0.1) is 18.4 Å². The van der Waals surface area contributed by atoms with Crippen LogP contribution in [0.4, 0.5) is 11.4 Å². The molecule has 2 aromatic rings. The molecule has 5 heteroatoms. The topological polar surface area (TPSA) is 90.4 Å². The summed E-state index contributed by atoms with van der Waals surface area (Å²) in [6.07, 6.45) is 1.99. The van der Waals surface area contributed by atoms with Gasteiger partial charge in [0.2, 0.25) is 0 Å². The molecule has 0 aliphatic heterocycles. The van der Waals surface area contributed by atoms with Crippen molar-refractivity contribution in [3.63, 3.8) is 0 Å². The summed E-state index contributed by atoms with van der Waals surface area (Å²) in [6.45, 7) is 5.94. The molecule has 0 bridgehead atoms. The monoisotopic (exact) mass is 307 g/mol. The Kier molecular flexibility index (Phi) is 4.37. The Morgan fingerprint density at radius 1 is 1.22 bits per heavy atom. The first-order valence-corrected chi connectivity index (χ1v) is 6.91. The van der Waals surface area contributed by atoms with Crippen LogP contribution in [0.25, 0.3) is 5.57 Å². The lowest BCUT2D eigenvalue weighted by Gasteiger charge is -2.16. The Labute approximate surface area is 134 Å². The lowest BCUT2D eigenvalue weighted by molar-refractivity contribution is 0.0696. The van der Waals surface area contributed by atoms with Gasteiger partial charge in [0.1, 0.15) is 0 Å². The smallest absolute Gasteiger partial charge is 0.336 e. The number of carboxylic acid groups (broad SMARTS) is 1. The second-order valence-electron chi connectivity index (χ2n) is 5.25. The number of rotatable bonds is 4. The second kappa shape index (κ2) is 6.24. The molecule has 2 rings (SSSR count). The van der Waals surface area contributed by atoms with E-state index >= 15 is 0 Å². The van der Waals surface area contributed by atoms with E-state index in [1.54, 1.807) is 25.2 Å². The zero-order valence-electron chi connectivity index (χ0n) is 13.0. The quantitative estimate of drug-likeness (QED) is 0.514. The Bertz CT molecular complexity index is 835. The Morgan fingerprint density at radius 3 is 2.43 bits per heavy atom. The first-order valence-electron chi connectivity index (χ1n) is 6.91. The maximum atomic E-state index is 11.5. The standard InChI is InChI=1S/C18H17N3O2/c1-11-8-13(20)4-6-15(11)12(2)17-9-14(21(3)10-19)5-7-16(17)18(22)23/h4-9H,2,20H2,1,3H3,(H,22,23). The zero-order chi connectivity index (χ0) is 17.1. The largest absolute Gasteiger partial charge is 0.478 e. The second-order valence-corrected chi connectivity index (χ2v) is 5.25. The minimum absolute atomic E-state index is 0.140. The number of hydrogen-bond donors (Lipinski definition) is 2. The van der Waals surface area contributed by atoms with Crippen LogP contribution in [0.2, 0.25) is 0 Å². The summed E-state index contributed by atoms with van der Waals surface area (Å²) >= 11 is 0. The minimum Gasteiger partial charge on any atom is -0.478 e. The first-order chi connectivity index (χ1) is 10.8. The third-order valence-electron chi connectivity index (χ3n) is 3.67. The summed E-state index contributed by atoms with van der Waals surface area (Å²) < 4.78 is 0. The summed E-state index contributed by atoms with van der Waals surface area (Å²) in [5, 5.41) is 18.4. The summed E-state index contributed by atoms with van der Waals surface area (Å²) in [5.41, 5.74) is 9.91. The molecule has 23 heavy (non-hydrogen) atoms. The van der Waals surface area contributed by atoms with E-state index in [2.05, 4.69) is 6.58 Å². The van der Waals surface area contributed by atoms with E-state index in [0.717, 1.165) is 11.1 Å². The molecule has 2 aromatic carbocycles. The van der Waals surface area contributed by atoms with Gasteiger partial charge in [0.05, 0.1) is 11.3 Å². The normalized spacial score (nSPS) is 9.96. The van der Waals surface area contributed by atoms with Gasteiger partial charge in [-0.15, -0.1) is 0 Å². The number of nitriles is 1. The molecule has 0 unspecified atom stereocenters. The lowest BCUT2D eigenvalue weighted by atomic mass is 9.91. The third-order valence-corrected chi connectivity index (χ3v) is 3.67. The molecular weight excluding hydrogens is 290 g/mol. The number of aromatic carboxylic acids is 1. The average Bonchev–Trinajstić information content (AvgIpc) is 2.52. The number of nitrogen functional groups attached to an aromatic ring is 1. The molecule has 0 amide bonds. The average molecular weight is 307 g/mol. The summed E-state index contributed by atoms with van der Waals surface area (Å²) in [5.74, 6) is -1.04. The van der Waals surface area contributed by atoms with Crippen LogP contribution in [-0.4, -0.2) is 18.1 Å². The van der Waals surface area contributed by atoms with Crippen LogP contribution >= 0.6 is 0 Å². The molecular formula is C18H17N3O2. The maximum absolute atomic E-state index is 11.5. The van der Waals surface area contributed by atoms with E-state index in [0.29, 0.717) is 22.5 Å². The highest BCUT2D eigenvalue weighted by Crippen LogP contribution is 2.31. The number of anilines is 2. The maximum Gasteiger partial charge on any atom is 0.336 e. The Balaban J connectivity index is 2.61. The van der Waals surface area contributed by atoms with Crippen molar-refractivity contribution in [2.75, 3.05) is 17.7 Å². The molecule has 0 radical (unpaired) electrons. The van der Waals surface area contributed by atoms with Crippen molar-refractivity contribution in [3.8, 4) is 6.19 Å². The molecule has 0 saturated heterocycles. The fraction of sp³-hybridized carbons (Fsp3) is 0.111. The van der Waals surface area contributed by atoms with E-state index in [4.69, 9.17) is 11.0 Å². The van der Waals surface area contributed by atoms with E-state index in [1.165, 1.54) is 11.0 Å². The van der Waals surface area contributed by atoms with Crippen LogP contribution in [0.3, 0.4) is 0 Å². The summed E-state index contributed by atoms with van der Waals surface area (Å²) in [7, 11) is 1.61. The van der Waals surface area contributed by atoms with Crippen molar-refractivity contribution in [3.05, 3.63) is 65.2 Å². The predicted octanol–water partition coefficient (Wildman–Crippen LogP) is 3.25. The molecule has 0 spiro atoms. The van der Waals surface area contributed by atoms with Crippen molar-refractivity contribution in [2.45, 2.75) is 6.92 Å². The number of carbonyl (C=O) groups is 1. The Morgan fingerprint density at radius 2 is 1.87 bits per heavy atom. The van der Waals surface area contributed by atoms with Gasteiger partial charge in [-0.05, 0) is 59.5 Å². The SMILES string of the molecule is C=C(c1ccc(N)cc1C)c1cc(N(C)C#N)ccc1C(=O)O. The van der Waals surface area contributed by atoms with Crippen molar-refractivity contribution < 1.29 is 9.90 Å². The van der Waals surface area contributed by atoms with E-state index < -0.39 is 5.97 Å². The van der Waals surface area contributed by atoms with Gasteiger partial charge in [0.15, 0.2) is 6.19 Å². The molecule has 3 N–H and O–H groups in total. The molecule has 0 fully saturated rings. The first kappa shape index (κ1) is 16.1. The van der Waals surface area contributed by atoms with Gasteiger partial charge in [0, 0.05) is 12.7 Å². The van der Waals surface area contributed by atoms with Crippen molar-refractivity contribution in [1.82, 2.24) is 0 Å². The van der Waals surface area contributed by atoms with Crippen LogP contribution in [0.15, 0.2) is 43.0 Å². The van der Waals surface area contributed by atoms with Crippen LogP contribution in [-0.2, 0) is 0 Å². The number of nitrogens with two attached hydrogens (primary N) is 1. The summed E-state index contributed by atoms with van der Waals surface area (Å²) in [6, 6.07) is 10.1. The van der Waals surface area contributed by atoms with Gasteiger partial charge in [-0.25, -0.2) is 4.79 Å². The van der Waals surface area contributed by atoms with Crippen molar-refractivity contribution in [2.24, 2.45) is 0 Å². The molecule has 0 heterocycles. The molecule has 5 nitrogen and oxygen atoms in total. The number of aryl methyl sites for hydroxylation is 1. The number of hydrogen-bond acceptors (Lipinski definition) is 4. The molecule has 0 aromatic heterocycles. The van der Waals surface area contributed by atoms with E-state index in [1.807, 2.05) is 25.2 Å². The van der Waals surface area contributed by atoms with Crippen LogP contribution < -0.4 is 10.6 Å². The van der Waals surface area contributed by atoms with Gasteiger partial charge in [0.25, 0.3) is 0 Å². The third kappa shape index (κ3) is 3.16. The highest BCUT2D eigenvalue weighted by atomic mass is 16.4. The van der Waals surface area contributed by atoms with Crippen molar-refractivity contribution >= 4 is 22.9 Å². The lowest BCUT2D eigenvalue weighted by Crippen LogP contribution is -2.10. The van der Waals surface area contributed by atoms with Gasteiger partial charge < -0.3 is 10.8 Å². The van der Waals surface area contributed by atoms with Gasteiger partial charge in [-0.2, -0.15) is 5.26 Å². The minimum atomic E-state index is -1.04. The summed E-state index contributed by atoms with van der Waals surface area (Å²) in [4.78, 5) is 12.9. The van der Waals surface area contributed by atoms with Gasteiger partial charge in [-0.1, -0.05) is 12.6 Å². The Hall–Kier alpha value is -3.26. The van der Waals surface area contributed by atoms with Crippen molar-refractivity contribution in [1.29, 1.82) is 5.26 Å². The highest BCUT2D eigenvalue weighted by Gasteiger charge is 2.16. The highest BCUT2D eigenvalue weighted by molar-refractivity contribution is 5.97. The molecule has 0 aliphatic carbocycles. The number of benzene rings is 2. The molecule has 0 aliphatic rings. The van der Waals surface area contributed by atoms with Gasteiger partial charge in [-0.3, -0.25) is 4.90 Å². The fourth-order valence-electron chi connectivity index (χ4n) is 2.41. The van der Waals surface area contributed by atoms with E-state index in [9.17, 15) is 9.90 Å². The fourth-order valence-corrected chi connectivity index (χ4v) is 2.41. The van der Waals surface area contributed by atoms with E-state index in [-0.39, 0.29) is 5.56 Å². The predicted molar refractivity (Wildman–Crippen MR) is 91.1 cm³/mol. The molecule has 0 atom stereocenters. The number of nitrogens with zero attached hydrogens (tertiary/aromatic N) is 2.